The van der Waals surface area contributed by atoms with Crippen LogP contribution in [0.25, 0.3) is 16.9 Å². The van der Waals surface area contributed by atoms with Crippen LogP contribution < -0.4 is 5.56 Å². The summed E-state index contributed by atoms with van der Waals surface area (Å²) in [6, 6.07) is 12.0. The highest BCUT2D eigenvalue weighted by Crippen LogP contribution is 2.35. The lowest BCUT2D eigenvalue weighted by Crippen LogP contribution is -2.22. The summed E-state index contributed by atoms with van der Waals surface area (Å²) in [5, 5.41) is 6.67. The van der Waals surface area contributed by atoms with Crippen LogP contribution in [0.3, 0.4) is 0 Å². The molecule has 0 amide bonds. The van der Waals surface area contributed by atoms with Crippen LogP contribution in [0, 0.1) is 6.92 Å². The first-order valence-electron chi connectivity index (χ1n) is 7.13. The molecule has 3 nitrogen and oxygen atoms in total. The Morgan fingerprint density at radius 1 is 1.23 bits per heavy atom. The Hall–Kier alpha value is -1.85. The number of aryl methyl sites for hydroxylation is 2. The van der Waals surface area contributed by atoms with Crippen molar-refractivity contribution in [1.29, 1.82) is 0 Å². The fraction of sp³-hybridized carbons (Fsp3) is 0.176. The van der Waals surface area contributed by atoms with E-state index in [-0.39, 0.29) is 5.56 Å². The summed E-state index contributed by atoms with van der Waals surface area (Å²) in [5.41, 5.74) is 3.90. The number of thioether (sulfide) groups is 1. The molecule has 110 valence electrons. The van der Waals surface area contributed by atoms with Crippen LogP contribution in [0.15, 0.2) is 51.5 Å². The van der Waals surface area contributed by atoms with Gasteiger partial charge in [-0.3, -0.25) is 4.79 Å². The number of aromatic nitrogens is 2. The minimum atomic E-state index is -0.0547. The van der Waals surface area contributed by atoms with Gasteiger partial charge in [0.15, 0.2) is 0 Å². The van der Waals surface area contributed by atoms with Crippen molar-refractivity contribution in [3.63, 3.8) is 0 Å². The molecule has 22 heavy (non-hydrogen) atoms. The molecule has 0 saturated carbocycles. The molecule has 0 saturated heterocycles. The SMILES string of the molecule is Cc1cc(-n2nc3c(cc2=O)CCSc2ccccc2-3)cs1. The van der Waals surface area contributed by atoms with Crippen LogP contribution in [-0.2, 0) is 6.42 Å². The average molecular weight is 326 g/mol. The molecule has 1 aliphatic heterocycles. The second-order valence-corrected chi connectivity index (χ2v) is 7.53. The number of rotatable bonds is 1. The molecule has 3 heterocycles. The number of thiophene rings is 1. The van der Waals surface area contributed by atoms with Crippen molar-refractivity contribution in [2.45, 2.75) is 18.2 Å². The summed E-state index contributed by atoms with van der Waals surface area (Å²) >= 11 is 3.46. The van der Waals surface area contributed by atoms with Crippen molar-refractivity contribution in [3.05, 3.63) is 62.6 Å². The van der Waals surface area contributed by atoms with Gasteiger partial charge in [-0.1, -0.05) is 18.2 Å². The zero-order valence-electron chi connectivity index (χ0n) is 12.1. The maximum absolute atomic E-state index is 12.4. The molecule has 5 heteroatoms. The molecule has 0 N–H and O–H groups in total. The van der Waals surface area contributed by atoms with E-state index in [1.54, 1.807) is 17.4 Å². The van der Waals surface area contributed by atoms with Gasteiger partial charge in [0.05, 0.1) is 11.4 Å². The highest BCUT2D eigenvalue weighted by molar-refractivity contribution is 7.99. The lowest BCUT2D eigenvalue weighted by atomic mass is 10.1. The van der Waals surface area contributed by atoms with E-state index in [0.717, 1.165) is 34.7 Å². The normalized spacial score (nSPS) is 13.3. The maximum atomic E-state index is 12.4. The van der Waals surface area contributed by atoms with E-state index in [1.807, 2.05) is 36.2 Å². The zero-order chi connectivity index (χ0) is 15.1. The molecule has 0 atom stereocenters. The van der Waals surface area contributed by atoms with Crippen molar-refractivity contribution in [2.24, 2.45) is 0 Å². The van der Waals surface area contributed by atoms with Gasteiger partial charge in [-0.25, -0.2) is 0 Å². The highest BCUT2D eigenvalue weighted by Gasteiger charge is 2.18. The maximum Gasteiger partial charge on any atom is 0.271 e. The van der Waals surface area contributed by atoms with Gasteiger partial charge in [0.25, 0.3) is 5.56 Å². The Labute approximate surface area is 136 Å². The van der Waals surface area contributed by atoms with Gasteiger partial charge in [0, 0.05) is 32.5 Å². The molecule has 3 aromatic rings. The predicted octanol–water partition coefficient (Wildman–Crippen LogP) is 3.92. The molecule has 0 radical (unpaired) electrons. The van der Waals surface area contributed by atoms with Gasteiger partial charge in [-0.05, 0) is 31.0 Å². The van der Waals surface area contributed by atoms with Crippen molar-refractivity contribution in [2.75, 3.05) is 5.75 Å². The minimum Gasteiger partial charge on any atom is -0.267 e. The van der Waals surface area contributed by atoms with Crippen molar-refractivity contribution in [3.8, 4) is 16.9 Å². The van der Waals surface area contributed by atoms with E-state index < -0.39 is 0 Å². The first-order valence-corrected chi connectivity index (χ1v) is 9.00. The first-order chi connectivity index (χ1) is 10.7. The molecule has 0 aliphatic carbocycles. The fourth-order valence-corrected chi connectivity index (χ4v) is 4.39. The number of benzene rings is 1. The van der Waals surface area contributed by atoms with E-state index in [1.165, 1.54) is 14.5 Å². The van der Waals surface area contributed by atoms with Crippen LogP contribution in [0.1, 0.15) is 10.4 Å². The molecular weight excluding hydrogens is 312 g/mol. The smallest absolute Gasteiger partial charge is 0.267 e. The number of hydrogen-bond donors (Lipinski definition) is 0. The molecule has 1 aromatic carbocycles. The van der Waals surface area contributed by atoms with Gasteiger partial charge < -0.3 is 0 Å². The molecular formula is C17H14N2OS2. The van der Waals surface area contributed by atoms with E-state index in [0.29, 0.717) is 0 Å². The highest BCUT2D eigenvalue weighted by atomic mass is 32.2. The van der Waals surface area contributed by atoms with E-state index in [9.17, 15) is 4.79 Å². The number of nitrogens with zero attached hydrogens (tertiary/aromatic N) is 2. The van der Waals surface area contributed by atoms with Crippen LogP contribution in [-0.4, -0.2) is 15.5 Å². The topological polar surface area (TPSA) is 34.9 Å². The molecule has 0 unspecified atom stereocenters. The van der Waals surface area contributed by atoms with Gasteiger partial charge in [0.2, 0.25) is 0 Å². The molecule has 0 fully saturated rings. The zero-order valence-corrected chi connectivity index (χ0v) is 13.7. The lowest BCUT2D eigenvalue weighted by Gasteiger charge is -2.10. The summed E-state index contributed by atoms with van der Waals surface area (Å²) in [7, 11) is 0. The van der Waals surface area contributed by atoms with Crippen molar-refractivity contribution >= 4 is 23.1 Å². The van der Waals surface area contributed by atoms with Crippen molar-refractivity contribution < 1.29 is 0 Å². The summed E-state index contributed by atoms with van der Waals surface area (Å²) in [6.45, 7) is 2.04. The van der Waals surface area contributed by atoms with Crippen LogP contribution >= 0.6 is 23.1 Å². The lowest BCUT2D eigenvalue weighted by molar-refractivity contribution is 0.803. The molecule has 4 rings (SSSR count). The predicted molar refractivity (Wildman–Crippen MR) is 92.3 cm³/mol. The van der Waals surface area contributed by atoms with Crippen LogP contribution in [0.4, 0.5) is 0 Å². The molecule has 0 bridgehead atoms. The van der Waals surface area contributed by atoms with E-state index in [4.69, 9.17) is 5.10 Å². The minimum absolute atomic E-state index is 0.0547. The quantitative estimate of drug-likeness (QED) is 0.680. The largest absolute Gasteiger partial charge is 0.271 e. The van der Waals surface area contributed by atoms with Crippen molar-refractivity contribution in [1.82, 2.24) is 9.78 Å². The second-order valence-electron chi connectivity index (χ2n) is 5.28. The van der Waals surface area contributed by atoms with Crippen LogP contribution in [0.5, 0.6) is 0 Å². The standard InChI is InChI=1S/C17H14N2OS2/c1-11-8-13(10-22-11)19-16(20)9-12-6-7-21-15-5-3-2-4-14(15)17(12)18-19/h2-5,8-10H,6-7H2,1H3. The summed E-state index contributed by atoms with van der Waals surface area (Å²) < 4.78 is 1.52. The van der Waals surface area contributed by atoms with Gasteiger partial charge in [-0.15, -0.1) is 23.1 Å². The number of fused-ring (bicyclic) bond motifs is 3. The van der Waals surface area contributed by atoms with E-state index in [2.05, 4.69) is 18.2 Å². The van der Waals surface area contributed by atoms with Gasteiger partial charge in [-0.2, -0.15) is 9.78 Å². The Morgan fingerprint density at radius 3 is 2.91 bits per heavy atom. The Bertz CT molecular complexity index is 911. The molecule has 2 aromatic heterocycles. The summed E-state index contributed by atoms with van der Waals surface area (Å²) in [5.74, 6) is 0.979. The Balaban J connectivity index is 1.97. The number of hydrogen-bond acceptors (Lipinski definition) is 4. The first kappa shape index (κ1) is 13.8. The van der Waals surface area contributed by atoms with Gasteiger partial charge >= 0.3 is 0 Å². The van der Waals surface area contributed by atoms with Crippen LogP contribution in [0.2, 0.25) is 0 Å². The van der Waals surface area contributed by atoms with Gasteiger partial charge in [0.1, 0.15) is 0 Å². The van der Waals surface area contributed by atoms with E-state index >= 15 is 0 Å². The second kappa shape index (κ2) is 5.41. The third-order valence-corrected chi connectivity index (χ3v) is 5.67. The average Bonchev–Trinajstić information content (AvgIpc) is 2.86. The Kier molecular flexibility index (Phi) is 3.39. The molecule has 1 aliphatic rings. The summed E-state index contributed by atoms with van der Waals surface area (Å²) in [6.07, 6.45) is 0.875. The monoisotopic (exact) mass is 326 g/mol. The third-order valence-electron chi connectivity index (χ3n) is 3.74. The molecule has 0 spiro atoms. The fourth-order valence-electron chi connectivity index (χ4n) is 2.69. The third kappa shape index (κ3) is 2.30. The Morgan fingerprint density at radius 2 is 2.09 bits per heavy atom. The summed E-state index contributed by atoms with van der Waals surface area (Å²) in [4.78, 5) is 14.8.